The second-order valence-electron chi connectivity index (χ2n) is 4.55. The third-order valence-corrected chi connectivity index (χ3v) is 2.66. The van der Waals surface area contributed by atoms with E-state index in [1.165, 1.54) is 0 Å². The molecule has 0 heterocycles. The molecule has 5 nitrogen and oxygen atoms in total. The number of carbonyl (C=O) groups is 1. The molecule has 0 atom stereocenters. The second kappa shape index (κ2) is 10.4. The molecule has 0 spiro atoms. The number of nitrogens with one attached hydrogen (secondary N) is 2. The average molecular weight is 280 g/mol. The summed E-state index contributed by atoms with van der Waals surface area (Å²) in [6.07, 6.45) is 0.876. The summed E-state index contributed by atoms with van der Waals surface area (Å²) in [6.45, 7) is 4.98. The van der Waals surface area contributed by atoms with E-state index < -0.39 is 0 Å². The highest BCUT2D eigenvalue weighted by atomic mass is 16.5. The van der Waals surface area contributed by atoms with Crippen LogP contribution in [-0.2, 0) is 14.3 Å². The van der Waals surface area contributed by atoms with Crippen molar-refractivity contribution in [1.29, 1.82) is 0 Å². The molecule has 0 saturated heterocycles. The van der Waals surface area contributed by atoms with Crippen LogP contribution >= 0.6 is 0 Å². The van der Waals surface area contributed by atoms with Crippen LogP contribution in [-0.4, -0.2) is 45.9 Å². The van der Waals surface area contributed by atoms with Crippen LogP contribution in [0.5, 0.6) is 0 Å². The predicted molar refractivity (Wildman–Crippen MR) is 80.0 cm³/mol. The van der Waals surface area contributed by atoms with E-state index in [1.54, 1.807) is 7.11 Å². The van der Waals surface area contributed by atoms with E-state index in [9.17, 15) is 4.79 Å². The molecule has 1 rings (SSSR count). The minimum atomic E-state index is -0.0316. The average Bonchev–Trinajstić information content (AvgIpc) is 2.42. The van der Waals surface area contributed by atoms with Gasteiger partial charge >= 0.3 is 0 Å². The van der Waals surface area contributed by atoms with Crippen LogP contribution in [0.4, 0.5) is 5.69 Å². The van der Waals surface area contributed by atoms with Gasteiger partial charge in [-0.05, 0) is 37.6 Å². The van der Waals surface area contributed by atoms with Crippen LogP contribution in [0.1, 0.15) is 12.0 Å². The van der Waals surface area contributed by atoms with Crippen molar-refractivity contribution in [3.63, 3.8) is 0 Å². The van der Waals surface area contributed by atoms with Crippen LogP contribution in [0.25, 0.3) is 0 Å². The number of amides is 1. The summed E-state index contributed by atoms with van der Waals surface area (Å²) >= 11 is 0. The van der Waals surface area contributed by atoms with Gasteiger partial charge in [0, 0.05) is 19.4 Å². The van der Waals surface area contributed by atoms with Crippen LogP contribution in [0.3, 0.4) is 0 Å². The fraction of sp³-hybridized carbons (Fsp3) is 0.533. The van der Waals surface area contributed by atoms with Gasteiger partial charge in [-0.1, -0.05) is 12.1 Å². The first-order valence-electron chi connectivity index (χ1n) is 6.86. The van der Waals surface area contributed by atoms with Gasteiger partial charge in [0.05, 0.1) is 19.8 Å². The Labute approximate surface area is 120 Å². The van der Waals surface area contributed by atoms with Gasteiger partial charge in [-0.15, -0.1) is 0 Å². The Hall–Kier alpha value is -1.43. The molecule has 5 heteroatoms. The van der Waals surface area contributed by atoms with Gasteiger partial charge in [0.1, 0.15) is 0 Å². The molecule has 2 N–H and O–H groups in total. The number of benzene rings is 1. The van der Waals surface area contributed by atoms with Crippen molar-refractivity contribution >= 4 is 11.6 Å². The minimum absolute atomic E-state index is 0.0316. The molecule has 0 unspecified atom stereocenters. The molecule has 0 radical (unpaired) electrons. The van der Waals surface area contributed by atoms with E-state index in [4.69, 9.17) is 9.47 Å². The first kappa shape index (κ1) is 16.6. The van der Waals surface area contributed by atoms with Gasteiger partial charge in [-0.3, -0.25) is 4.79 Å². The molecule has 0 aliphatic heterocycles. The molecule has 0 bridgehead atoms. The SMILES string of the molecule is COCCOCCCNCC(=O)Nc1cccc(C)c1. The maximum absolute atomic E-state index is 11.7. The summed E-state index contributed by atoms with van der Waals surface area (Å²) in [6, 6.07) is 7.75. The van der Waals surface area contributed by atoms with E-state index in [0.29, 0.717) is 26.4 Å². The van der Waals surface area contributed by atoms with E-state index in [-0.39, 0.29) is 5.91 Å². The third-order valence-electron chi connectivity index (χ3n) is 2.66. The second-order valence-corrected chi connectivity index (χ2v) is 4.55. The number of methoxy groups -OCH3 is 1. The summed E-state index contributed by atoms with van der Waals surface area (Å²) < 4.78 is 10.2. The normalized spacial score (nSPS) is 10.5. The highest BCUT2D eigenvalue weighted by molar-refractivity contribution is 5.92. The van der Waals surface area contributed by atoms with Crippen LogP contribution in [0.15, 0.2) is 24.3 Å². The summed E-state index contributed by atoms with van der Waals surface area (Å²) in [5, 5.41) is 5.94. The molecular formula is C15H24N2O3. The molecule has 1 aromatic rings. The smallest absolute Gasteiger partial charge is 0.238 e. The van der Waals surface area contributed by atoms with Crippen molar-refractivity contribution in [2.45, 2.75) is 13.3 Å². The monoisotopic (exact) mass is 280 g/mol. The quantitative estimate of drug-likeness (QED) is 0.639. The zero-order valence-electron chi connectivity index (χ0n) is 12.3. The molecule has 0 saturated carbocycles. The van der Waals surface area contributed by atoms with Crippen molar-refractivity contribution in [3.8, 4) is 0 Å². The van der Waals surface area contributed by atoms with Crippen molar-refractivity contribution in [2.75, 3.05) is 45.3 Å². The lowest BCUT2D eigenvalue weighted by atomic mass is 10.2. The standard InChI is InChI=1S/C15H24N2O3/c1-13-5-3-6-14(11-13)17-15(18)12-16-7-4-8-20-10-9-19-2/h3,5-6,11,16H,4,7-10,12H2,1-2H3,(H,17,18). The zero-order valence-corrected chi connectivity index (χ0v) is 12.3. The number of carbonyl (C=O) groups excluding carboxylic acids is 1. The number of hydrogen-bond acceptors (Lipinski definition) is 4. The largest absolute Gasteiger partial charge is 0.382 e. The summed E-state index contributed by atoms with van der Waals surface area (Å²) in [5.41, 5.74) is 1.96. The van der Waals surface area contributed by atoms with Crippen molar-refractivity contribution < 1.29 is 14.3 Å². The van der Waals surface area contributed by atoms with E-state index in [1.807, 2.05) is 31.2 Å². The Balaban J connectivity index is 2.03. The number of anilines is 1. The van der Waals surface area contributed by atoms with Gasteiger partial charge in [0.15, 0.2) is 0 Å². The molecule has 0 aliphatic rings. The number of aryl methyl sites for hydroxylation is 1. The molecule has 0 aliphatic carbocycles. The number of hydrogen-bond donors (Lipinski definition) is 2. The Morgan fingerprint density at radius 3 is 2.85 bits per heavy atom. The number of rotatable bonds is 10. The molecule has 0 fully saturated rings. The summed E-state index contributed by atoms with van der Waals surface area (Å²) in [5.74, 6) is -0.0316. The van der Waals surface area contributed by atoms with Crippen LogP contribution < -0.4 is 10.6 Å². The van der Waals surface area contributed by atoms with E-state index in [2.05, 4.69) is 10.6 Å². The lowest BCUT2D eigenvalue weighted by Gasteiger charge is -2.07. The lowest BCUT2D eigenvalue weighted by Crippen LogP contribution is -2.29. The first-order chi connectivity index (χ1) is 9.72. The molecule has 20 heavy (non-hydrogen) atoms. The Bertz CT molecular complexity index is 396. The molecular weight excluding hydrogens is 256 g/mol. The van der Waals surface area contributed by atoms with E-state index in [0.717, 1.165) is 24.2 Å². The fourth-order valence-corrected chi connectivity index (χ4v) is 1.67. The van der Waals surface area contributed by atoms with Gasteiger partial charge in [-0.2, -0.15) is 0 Å². The molecule has 112 valence electrons. The highest BCUT2D eigenvalue weighted by Gasteiger charge is 2.01. The fourth-order valence-electron chi connectivity index (χ4n) is 1.67. The summed E-state index contributed by atoms with van der Waals surface area (Å²) in [4.78, 5) is 11.7. The van der Waals surface area contributed by atoms with Crippen LogP contribution in [0, 0.1) is 6.92 Å². The topological polar surface area (TPSA) is 59.6 Å². The van der Waals surface area contributed by atoms with Gasteiger partial charge in [0.2, 0.25) is 5.91 Å². The zero-order chi connectivity index (χ0) is 14.6. The van der Waals surface area contributed by atoms with Crippen LogP contribution in [0.2, 0.25) is 0 Å². The van der Waals surface area contributed by atoms with Crippen molar-refractivity contribution in [2.24, 2.45) is 0 Å². The molecule has 1 aromatic carbocycles. The Kier molecular flexibility index (Phi) is 8.62. The number of ether oxygens (including phenoxy) is 2. The summed E-state index contributed by atoms with van der Waals surface area (Å²) in [7, 11) is 1.65. The Morgan fingerprint density at radius 1 is 1.25 bits per heavy atom. The van der Waals surface area contributed by atoms with Crippen molar-refractivity contribution in [3.05, 3.63) is 29.8 Å². The maximum Gasteiger partial charge on any atom is 0.238 e. The third kappa shape index (κ3) is 7.89. The van der Waals surface area contributed by atoms with Gasteiger partial charge in [0.25, 0.3) is 0 Å². The van der Waals surface area contributed by atoms with Gasteiger partial charge < -0.3 is 20.1 Å². The maximum atomic E-state index is 11.7. The molecule has 0 aromatic heterocycles. The van der Waals surface area contributed by atoms with Crippen molar-refractivity contribution in [1.82, 2.24) is 5.32 Å². The van der Waals surface area contributed by atoms with Gasteiger partial charge in [-0.25, -0.2) is 0 Å². The first-order valence-corrected chi connectivity index (χ1v) is 6.86. The van der Waals surface area contributed by atoms with E-state index >= 15 is 0 Å². The Morgan fingerprint density at radius 2 is 2.10 bits per heavy atom. The molecule has 1 amide bonds. The lowest BCUT2D eigenvalue weighted by molar-refractivity contribution is -0.115. The predicted octanol–water partition coefficient (Wildman–Crippen LogP) is 1.58. The minimum Gasteiger partial charge on any atom is -0.382 e. The highest BCUT2D eigenvalue weighted by Crippen LogP contribution is 2.08.